The van der Waals surface area contributed by atoms with E-state index in [4.69, 9.17) is 4.42 Å². The van der Waals surface area contributed by atoms with E-state index in [9.17, 15) is 4.79 Å². The van der Waals surface area contributed by atoms with Gasteiger partial charge in [-0.05, 0) is 37.3 Å². The van der Waals surface area contributed by atoms with Gasteiger partial charge in [0.2, 0.25) is 5.89 Å². The van der Waals surface area contributed by atoms with Gasteiger partial charge in [0, 0.05) is 10.4 Å². The second-order valence-corrected chi connectivity index (χ2v) is 7.06. The number of aryl methyl sites for hydroxylation is 1. The van der Waals surface area contributed by atoms with Crippen molar-refractivity contribution in [3.63, 3.8) is 0 Å². The molecule has 0 aliphatic carbocycles. The van der Waals surface area contributed by atoms with Gasteiger partial charge in [0.15, 0.2) is 5.69 Å². The van der Waals surface area contributed by atoms with Crippen LogP contribution in [0.1, 0.15) is 21.1 Å². The number of H-pyrrole nitrogens is 1. The number of carbonyl (C=O) groups excluding carboxylic acids is 1. The first-order valence-electron chi connectivity index (χ1n) is 8.09. The molecule has 0 aliphatic heterocycles. The molecule has 0 unspecified atom stereocenters. The molecular weight excluding hydrogens is 348 g/mol. The van der Waals surface area contributed by atoms with Gasteiger partial charge in [0.1, 0.15) is 6.26 Å². The van der Waals surface area contributed by atoms with Crippen LogP contribution in [0, 0.1) is 6.92 Å². The predicted octanol–water partition coefficient (Wildman–Crippen LogP) is 4.03. The van der Waals surface area contributed by atoms with E-state index < -0.39 is 0 Å². The van der Waals surface area contributed by atoms with E-state index in [1.807, 2.05) is 49.4 Å². The van der Waals surface area contributed by atoms with Gasteiger partial charge < -0.3 is 9.73 Å². The standard InChI is InChI=1S/C19H16N4O2S/c1-12-7-8-17(26-12)15-9-16(23-22-15)18(24)20-10-14-11-25-19(21-14)13-5-3-2-4-6-13/h2-9,11H,10H2,1H3,(H,20,24)(H,22,23). The summed E-state index contributed by atoms with van der Waals surface area (Å²) >= 11 is 1.65. The van der Waals surface area contributed by atoms with Crippen LogP contribution in [-0.4, -0.2) is 21.1 Å². The first kappa shape index (κ1) is 16.3. The molecule has 0 fully saturated rings. The Balaban J connectivity index is 1.40. The molecule has 26 heavy (non-hydrogen) atoms. The summed E-state index contributed by atoms with van der Waals surface area (Å²) in [5, 5.41) is 9.81. The van der Waals surface area contributed by atoms with Crippen molar-refractivity contribution in [3.8, 4) is 22.0 Å². The van der Waals surface area contributed by atoms with Crippen LogP contribution in [0.2, 0.25) is 0 Å². The number of hydrogen-bond acceptors (Lipinski definition) is 5. The molecular formula is C19H16N4O2S. The molecule has 0 radical (unpaired) electrons. The number of thiophene rings is 1. The van der Waals surface area contributed by atoms with Crippen LogP contribution in [0.4, 0.5) is 0 Å². The lowest BCUT2D eigenvalue weighted by Crippen LogP contribution is -2.23. The number of rotatable bonds is 5. The number of aromatic nitrogens is 3. The first-order chi connectivity index (χ1) is 12.7. The number of nitrogens with one attached hydrogen (secondary N) is 2. The summed E-state index contributed by atoms with van der Waals surface area (Å²) in [5.41, 5.74) is 2.73. The molecule has 1 amide bonds. The summed E-state index contributed by atoms with van der Waals surface area (Å²) in [4.78, 5) is 19.0. The third-order valence-electron chi connectivity index (χ3n) is 3.82. The molecule has 0 atom stereocenters. The van der Waals surface area contributed by atoms with Crippen molar-refractivity contribution < 1.29 is 9.21 Å². The number of amides is 1. The van der Waals surface area contributed by atoms with Gasteiger partial charge in [0.05, 0.1) is 22.8 Å². The smallest absolute Gasteiger partial charge is 0.272 e. The molecule has 0 aliphatic rings. The third kappa shape index (κ3) is 3.43. The van der Waals surface area contributed by atoms with Crippen LogP contribution in [0.25, 0.3) is 22.0 Å². The Morgan fingerprint density at radius 1 is 1.23 bits per heavy atom. The van der Waals surface area contributed by atoms with E-state index in [0.717, 1.165) is 16.1 Å². The van der Waals surface area contributed by atoms with Gasteiger partial charge in [-0.15, -0.1) is 11.3 Å². The van der Waals surface area contributed by atoms with Gasteiger partial charge in [-0.3, -0.25) is 9.89 Å². The molecule has 0 bridgehead atoms. The van der Waals surface area contributed by atoms with Crippen molar-refractivity contribution >= 4 is 17.2 Å². The molecule has 3 aromatic heterocycles. The highest BCUT2D eigenvalue weighted by molar-refractivity contribution is 7.15. The van der Waals surface area contributed by atoms with Crippen molar-refractivity contribution in [1.82, 2.24) is 20.5 Å². The van der Waals surface area contributed by atoms with Gasteiger partial charge in [-0.2, -0.15) is 5.10 Å². The zero-order valence-electron chi connectivity index (χ0n) is 14.0. The van der Waals surface area contributed by atoms with Crippen LogP contribution in [0.15, 0.2) is 59.2 Å². The van der Waals surface area contributed by atoms with Gasteiger partial charge in [0.25, 0.3) is 5.91 Å². The molecule has 0 saturated carbocycles. The van der Waals surface area contributed by atoms with E-state index in [-0.39, 0.29) is 12.5 Å². The number of oxazole rings is 1. The zero-order chi connectivity index (χ0) is 17.9. The topological polar surface area (TPSA) is 83.8 Å². The molecule has 7 heteroatoms. The number of hydrogen-bond donors (Lipinski definition) is 2. The van der Waals surface area contributed by atoms with Crippen LogP contribution >= 0.6 is 11.3 Å². The zero-order valence-corrected chi connectivity index (χ0v) is 14.8. The lowest BCUT2D eigenvalue weighted by Gasteiger charge is -1.99. The summed E-state index contributed by atoms with van der Waals surface area (Å²) in [6.45, 7) is 2.31. The quantitative estimate of drug-likeness (QED) is 0.560. The Kier molecular flexibility index (Phi) is 4.37. The number of nitrogens with zero attached hydrogens (tertiary/aromatic N) is 2. The van der Waals surface area contributed by atoms with Crippen molar-refractivity contribution in [2.24, 2.45) is 0 Å². The average molecular weight is 364 g/mol. The van der Waals surface area contributed by atoms with E-state index in [0.29, 0.717) is 17.3 Å². The van der Waals surface area contributed by atoms with E-state index in [2.05, 4.69) is 20.5 Å². The molecule has 6 nitrogen and oxygen atoms in total. The molecule has 2 N–H and O–H groups in total. The summed E-state index contributed by atoms with van der Waals surface area (Å²) < 4.78 is 5.47. The SMILES string of the molecule is Cc1ccc(-c2cc(C(=O)NCc3coc(-c4ccccc4)n3)n[nH]2)s1. The molecule has 130 valence electrons. The molecule has 1 aromatic carbocycles. The third-order valence-corrected chi connectivity index (χ3v) is 4.85. The minimum atomic E-state index is -0.259. The molecule has 0 saturated heterocycles. The fourth-order valence-electron chi connectivity index (χ4n) is 2.51. The van der Waals surface area contributed by atoms with Crippen LogP contribution < -0.4 is 5.32 Å². The Hall–Kier alpha value is -3.19. The summed E-state index contributed by atoms with van der Waals surface area (Å²) in [5.74, 6) is 0.273. The van der Waals surface area contributed by atoms with Crippen LogP contribution in [-0.2, 0) is 6.54 Å². The summed E-state index contributed by atoms with van der Waals surface area (Å²) in [6, 6.07) is 15.4. The summed E-state index contributed by atoms with van der Waals surface area (Å²) in [6.07, 6.45) is 1.55. The van der Waals surface area contributed by atoms with Crippen LogP contribution in [0.3, 0.4) is 0 Å². The average Bonchev–Trinajstić information content (AvgIpc) is 3.40. The first-order valence-corrected chi connectivity index (χ1v) is 8.91. The Bertz CT molecular complexity index is 1030. The van der Waals surface area contributed by atoms with E-state index >= 15 is 0 Å². The Morgan fingerprint density at radius 3 is 2.85 bits per heavy atom. The highest BCUT2D eigenvalue weighted by Crippen LogP contribution is 2.26. The fraction of sp³-hybridized carbons (Fsp3) is 0.105. The molecule has 0 spiro atoms. The van der Waals surface area contributed by atoms with E-state index in [1.54, 1.807) is 23.7 Å². The second-order valence-electron chi connectivity index (χ2n) is 5.77. The lowest BCUT2D eigenvalue weighted by molar-refractivity contribution is 0.0945. The number of carbonyl (C=O) groups is 1. The van der Waals surface area contributed by atoms with Gasteiger partial charge in [-0.25, -0.2) is 4.98 Å². The maximum Gasteiger partial charge on any atom is 0.272 e. The van der Waals surface area contributed by atoms with E-state index in [1.165, 1.54) is 4.88 Å². The highest BCUT2D eigenvalue weighted by Gasteiger charge is 2.13. The highest BCUT2D eigenvalue weighted by atomic mass is 32.1. The van der Waals surface area contributed by atoms with Crippen molar-refractivity contribution in [2.45, 2.75) is 13.5 Å². The van der Waals surface area contributed by atoms with Gasteiger partial charge in [-0.1, -0.05) is 18.2 Å². The lowest BCUT2D eigenvalue weighted by atomic mass is 10.2. The summed E-state index contributed by atoms with van der Waals surface area (Å²) in [7, 11) is 0. The largest absolute Gasteiger partial charge is 0.444 e. The number of aromatic amines is 1. The predicted molar refractivity (Wildman–Crippen MR) is 99.7 cm³/mol. The molecule has 3 heterocycles. The Labute approximate surface area is 153 Å². The maximum atomic E-state index is 12.3. The van der Waals surface area contributed by atoms with Crippen molar-refractivity contribution in [3.05, 3.63) is 71.1 Å². The normalized spacial score (nSPS) is 10.8. The second kappa shape index (κ2) is 6.97. The fourth-order valence-corrected chi connectivity index (χ4v) is 3.34. The molecule has 4 rings (SSSR count). The maximum absolute atomic E-state index is 12.3. The number of benzene rings is 1. The minimum Gasteiger partial charge on any atom is -0.444 e. The molecule has 4 aromatic rings. The minimum absolute atomic E-state index is 0.259. The monoisotopic (exact) mass is 364 g/mol. The van der Waals surface area contributed by atoms with Crippen molar-refractivity contribution in [2.75, 3.05) is 0 Å². The van der Waals surface area contributed by atoms with Gasteiger partial charge >= 0.3 is 0 Å². The van der Waals surface area contributed by atoms with Crippen LogP contribution in [0.5, 0.6) is 0 Å². The Morgan fingerprint density at radius 2 is 2.08 bits per heavy atom. The van der Waals surface area contributed by atoms with Crippen molar-refractivity contribution in [1.29, 1.82) is 0 Å².